The van der Waals surface area contributed by atoms with Crippen LogP contribution in [0.4, 0.5) is 0 Å². The summed E-state index contributed by atoms with van der Waals surface area (Å²) < 4.78 is 9.67. The Hall–Kier alpha value is 0.530. The predicted molar refractivity (Wildman–Crippen MR) is 52.6 cm³/mol. The Balaban J connectivity index is 2.66. The number of ether oxygens (including phenoxy) is 2. The van der Waals surface area contributed by atoms with E-state index >= 15 is 0 Å². The Morgan fingerprint density at radius 1 is 1.38 bits per heavy atom. The first-order valence-electron chi connectivity index (χ1n) is 3.91. The zero-order chi connectivity index (χ0) is 10.0. The highest BCUT2D eigenvalue weighted by Crippen LogP contribution is 2.26. The molecule has 0 aliphatic carbocycles. The van der Waals surface area contributed by atoms with Gasteiger partial charge in [-0.3, -0.25) is 0 Å². The molecular weight excluding hydrogens is 287 g/mol. The van der Waals surface area contributed by atoms with Crippen LogP contribution < -0.4 is 0 Å². The molecule has 1 saturated heterocycles. The molecule has 1 aliphatic heterocycles. The van der Waals surface area contributed by atoms with E-state index < -0.39 is 24.6 Å². The minimum atomic E-state index is -1.06. The van der Waals surface area contributed by atoms with Crippen molar-refractivity contribution in [2.45, 2.75) is 28.5 Å². The van der Waals surface area contributed by atoms with Gasteiger partial charge in [0.15, 0.2) is 6.29 Å². The fourth-order valence-corrected chi connectivity index (χ4v) is 2.06. The third kappa shape index (κ3) is 2.31. The van der Waals surface area contributed by atoms with Gasteiger partial charge in [0.25, 0.3) is 0 Å². The fourth-order valence-electron chi connectivity index (χ4n) is 1.24. The van der Waals surface area contributed by atoms with Crippen LogP contribution in [0.1, 0.15) is 0 Å². The summed E-state index contributed by atoms with van der Waals surface area (Å²) in [5.41, 5.74) is 0. The van der Waals surface area contributed by atoms with Crippen molar-refractivity contribution in [2.75, 3.05) is 13.7 Å². The highest BCUT2D eigenvalue weighted by Gasteiger charge is 2.42. The van der Waals surface area contributed by atoms with Gasteiger partial charge in [-0.05, 0) is 0 Å². The Labute approximate surface area is 89.8 Å². The molecule has 0 bridgehead atoms. The molecule has 78 valence electrons. The monoisotopic (exact) mass is 300 g/mol. The zero-order valence-corrected chi connectivity index (χ0v) is 9.29. The molecule has 3 N–H and O–H groups in total. The largest absolute Gasteiger partial charge is 0.394 e. The molecule has 0 radical (unpaired) electrons. The molecule has 13 heavy (non-hydrogen) atoms. The van der Waals surface area contributed by atoms with Crippen molar-refractivity contribution in [1.29, 1.82) is 0 Å². The van der Waals surface area contributed by atoms with Crippen LogP contribution in [0.15, 0.2) is 0 Å². The van der Waals surface area contributed by atoms with Crippen molar-refractivity contribution < 1.29 is 24.8 Å². The van der Waals surface area contributed by atoms with Gasteiger partial charge in [-0.15, -0.1) is 0 Å². The molecule has 1 heterocycles. The molecular formula is C7H13IO5. The SMILES string of the molecule is COC1O[C@H](CO)[C@H]([123I])[C@H](O)[C@H]1O. The number of aliphatic hydroxyl groups excluding tert-OH is 3. The molecule has 1 aliphatic rings. The first-order chi connectivity index (χ1) is 6.11. The van der Waals surface area contributed by atoms with Gasteiger partial charge in [0.2, 0.25) is 0 Å². The molecule has 5 nitrogen and oxygen atoms in total. The summed E-state index contributed by atoms with van der Waals surface area (Å²) in [5.74, 6) is 0. The van der Waals surface area contributed by atoms with Gasteiger partial charge in [-0.2, -0.15) is 0 Å². The lowest BCUT2D eigenvalue weighted by Gasteiger charge is -2.39. The van der Waals surface area contributed by atoms with Gasteiger partial charge in [0.1, 0.15) is 6.10 Å². The quantitative estimate of drug-likeness (QED) is 0.444. The first kappa shape index (κ1) is 11.6. The molecule has 1 fully saturated rings. The van der Waals surface area contributed by atoms with Crippen molar-refractivity contribution in [3.63, 3.8) is 0 Å². The molecule has 0 aromatic carbocycles. The fraction of sp³-hybridized carbons (Fsp3) is 1.00. The van der Waals surface area contributed by atoms with Crippen molar-refractivity contribution in [3.05, 3.63) is 0 Å². The highest BCUT2D eigenvalue weighted by molar-refractivity contribution is 14.1. The Morgan fingerprint density at radius 2 is 2.00 bits per heavy atom. The summed E-state index contributed by atoms with van der Waals surface area (Å²) in [6.45, 7) is -0.197. The number of alkyl halides is 1. The lowest BCUT2D eigenvalue weighted by Crippen LogP contribution is -2.56. The second-order valence-corrected chi connectivity index (χ2v) is 4.33. The minimum Gasteiger partial charge on any atom is -0.394 e. The van der Waals surface area contributed by atoms with E-state index in [2.05, 4.69) is 0 Å². The average Bonchev–Trinajstić information content (AvgIpc) is 2.15. The van der Waals surface area contributed by atoms with Gasteiger partial charge >= 0.3 is 0 Å². The minimum absolute atomic E-state index is 0.197. The Bertz CT molecular complexity index is 147. The summed E-state index contributed by atoms with van der Waals surface area (Å²) in [6.07, 6.45) is -3.35. The maximum atomic E-state index is 9.52. The number of halogens is 1. The van der Waals surface area contributed by atoms with Gasteiger partial charge in [-0.1, -0.05) is 22.6 Å². The van der Waals surface area contributed by atoms with E-state index in [0.29, 0.717) is 0 Å². The standard InChI is InChI=1S/C7H13IO5/c1-12-7-6(11)5(10)4(8)3(2-9)13-7/h3-7,9-11H,2H2,1H3/t3-,4+,5+,6-,7?/m1/s1/i8-4. The van der Waals surface area contributed by atoms with Crippen LogP contribution in [-0.2, 0) is 9.47 Å². The average molecular weight is 300 g/mol. The Morgan fingerprint density at radius 3 is 2.46 bits per heavy atom. The van der Waals surface area contributed by atoms with Crippen molar-refractivity contribution in [2.24, 2.45) is 0 Å². The van der Waals surface area contributed by atoms with Crippen LogP contribution in [0.25, 0.3) is 0 Å². The Kier molecular flexibility index (Phi) is 4.33. The molecule has 0 aromatic heterocycles. The van der Waals surface area contributed by atoms with Gasteiger partial charge in [0.05, 0.1) is 22.7 Å². The summed E-state index contributed by atoms with van der Waals surface area (Å²) in [7, 11) is 1.38. The van der Waals surface area contributed by atoms with Crippen LogP contribution in [0.5, 0.6) is 0 Å². The maximum Gasteiger partial charge on any atom is 0.186 e. The van der Waals surface area contributed by atoms with E-state index in [0.717, 1.165) is 0 Å². The second-order valence-electron chi connectivity index (χ2n) is 2.89. The van der Waals surface area contributed by atoms with Crippen LogP contribution >= 0.6 is 22.6 Å². The van der Waals surface area contributed by atoms with Crippen molar-refractivity contribution in [1.82, 2.24) is 0 Å². The molecule has 0 spiro atoms. The summed E-state index contributed by atoms with van der Waals surface area (Å²) in [5, 5.41) is 27.9. The zero-order valence-electron chi connectivity index (χ0n) is 7.13. The normalized spacial score (nSPS) is 46.4. The van der Waals surface area contributed by atoms with Crippen LogP contribution in [0, 0.1) is 0 Å². The molecule has 1 rings (SSSR count). The molecule has 0 amide bonds. The molecule has 0 aromatic rings. The number of hydrogen-bond donors (Lipinski definition) is 3. The van der Waals surface area contributed by atoms with E-state index in [9.17, 15) is 10.2 Å². The van der Waals surface area contributed by atoms with Crippen LogP contribution in [0.2, 0.25) is 0 Å². The third-order valence-electron chi connectivity index (χ3n) is 2.03. The third-order valence-corrected chi connectivity index (χ3v) is 3.57. The van der Waals surface area contributed by atoms with E-state index in [1.54, 1.807) is 0 Å². The van der Waals surface area contributed by atoms with Gasteiger partial charge < -0.3 is 24.8 Å². The van der Waals surface area contributed by atoms with E-state index in [1.807, 2.05) is 22.6 Å². The molecule has 0 saturated carbocycles. The molecule has 5 atom stereocenters. The lowest BCUT2D eigenvalue weighted by molar-refractivity contribution is -0.257. The smallest absolute Gasteiger partial charge is 0.186 e. The van der Waals surface area contributed by atoms with Gasteiger partial charge in [0, 0.05) is 7.11 Å². The number of rotatable bonds is 2. The van der Waals surface area contributed by atoms with Crippen molar-refractivity contribution in [3.8, 4) is 0 Å². The number of methoxy groups -OCH3 is 1. The summed E-state index contributed by atoms with van der Waals surface area (Å²) in [4.78, 5) is 0. The van der Waals surface area contributed by atoms with Gasteiger partial charge in [-0.25, -0.2) is 0 Å². The highest BCUT2D eigenvalue weighted by atomic mass is 123. The van der Waals surface area contributed by atoms with Crippen molar-refractivity contribution >= 4 is 22.6 Å². The maximum absolute atomic E-state index is 9.52. The van der Waals surface area contributed by atoms with E-state index in [1.165, 1.54) is 7.11 Å². The molecule has 1 unspecified atom stereocenters. The van der Waals surface area contributed by atoms with Crippen LogP contribution in [0.3, 0.4) is 0 Å². The number of aliphatic hydroxyl groups is 3. The molecule has 6 heteroatoms. The number of hydrogen-bond acceptors (Lipinski definition) is 5. The summed E-state index contributed by atoms with van der Waals surface area (Å²) >= 11 is 1.94. The first-order valence-corrected chi connectivity index (χ1v) is 5.15. The topological polar surface area (TPSA) is 79.2 Å². The van der Waals surface area contributed by atoms with Crippen LogP contribution in [-0.4, -0.2) is 57.6 Å². The predicted octanol–water partition coefficient (Wildman–Crippen LogP) is -1.12. The summed E-state index contributed by atoms with van der Waals surface area (Å²) in [6, 6.07) is 0. The van der Waals surface area contributed by atoms with E-state index in [-0.39, 0.29) is 10.5 Å². The second kappa shape index (κ2) is 4.85. The van der Waals surface area contributed by atoms with E-state index in [4.69, 9.17) is 14.6 Å². The lowest BCUT2D eigenvalue weighted by atomic mass is 10.0.